The molecule has 1 aromatic heterocycles. The Bertz CT molecular complexity index is 2140. The van der Waals surface area contributed by atoms with Gasteiger partial charge in [0.05, 0.1) is 7.11 Å². The number of imide groups is 1. The number of aromatic amines is 1. The summed E-state index contributed by atoms with van der Waals surface area (Å²) in [6.07, 6.45) is 0.502. The first-order chi connectivity index (χ1) is 29.4. The molecule has 324 valence electrons. The van der Waals surface area contributed by atoms with E-state index in [0.717, 1.165) is 21.4 Å². The molecule has 1 aliphatic heterocycles. The Morgan fingerprint density at radius 3 is 2.20 bits per heavy atom. The summed E-state index contributed by atoms with van der Waals surface area (Å²) in [7, 11) is 1.22. The normalized spacial score (nSPS) is 17.3. The Morgan fingerprint density at radius 2 is 1.52 bits per heavy atom. The third-order valence-electron chi connectivity index (χ3n) is 10.4. The summed E-state index contributed by atoms with van der Waals surface area (Å²) < 4.78 is 10.3. The lowest BCUT2D eigenvalue weighted by Crippen LogP contribution is -2.61. The molecule has 16 heteroatoms. The summed E-state index contributed by atoms with van der Waals surface area (Å²) in [4.78, 5) is 101. The Hall–Kier alpha value is -6.55. The lowest BCUT2D eigenvalue weighted by molar-refractivity contribution is -0.154. The monoisotopic (exact) mass is 837 g/mol. The number of rotatable bonds is 18. The van der Waals surface area contributed by atoms with E-state index in [1.807, 2.05) is 44.2 Å². The molecule has 3 aromatic carbocycles. The third kappa shape index (κ3) is 12.7. The van der Waals surface area contributed by atoms with Gasteiger partial charge in [0, 0.05) is 36.4 Å². The van der Waals surface area contributed by atoms with Crippen molar-refractivity contribution in [2.24, 2.45) is 11.7 Å². The quantitative estimate of drug-likeness (QED) is 0.0633. The number of hydrogen-bond donors (Lipinski definition) is 6. The number of carbonyl (C=O) groups is 7. The average Bonchev–Trinajstić information content (AvgIpc) is 3.68. The first-order valence-corrected chi connectivity index (χ1v) is 20.5. The SMILES string of the molecule is COC(=O)[C@H](CC(C)C)NC(=O)[C@H](Cc1c[nH]c2ccccc12)NC(=O)[C@H](CCCN)N1C(=O)CC[C@H](NC(=O)OCc2ccccc2)C(=O)N[C@@H](Cc2ccccc2)C1=O. The van der Waals surface area contributed by atoms with E-state index >= 15 is 0 Å². The van der Waals surface area contributed by atoms with Crippen molar-refractivity contribution in [1.29, 1.82) is 0 Å². The fourth-order valence-corrected chi connectivity index (χ4v) is 7.29. The van der Waals surface area contributed by atoms with Crippen LogP contribution in [-0.4, -0.2) is 95.3 Å². The van der Waals surface area contributed by atoms with Gasteiger partial charge in [-0.3, -0.25) is 28.9 Å². The van der Waals surface area contributed by atoms with Gasteiger partial charge in [-0.15, -0.1) is 0 Å². The maximum atomic E-state index is 14.7. The van der Waals surface area contributed by atoms with Crippen molar-refractivity contribution in [1.82, 2.24) is 31.2 Å². The number of nitrogens with zero attached hydrogens (tertiary/aromatic N) is 1. The maximum Gasteiger partial charge on any atom is 0.408 e. The molecule has 1 saturated heterocycles. The van der Waals surface area contributed by atoms with Crippen LogP contribution in [0.3, 0.4) is 0 Å². The number of methoxy groups -OCH3 is 1. The smallest absolute Gasteiger partial charge is 0.408 e. The zero-order chi connectivity index (χ0) is 43.9. The van der Waals surface area contributed by atoms with Gasteiger partial charge in [-0.05, 0) is 60.9 Å². The van der Waals surface area contributed by atoms with Crippen molar-refractivity contribution in [2.75, 3.05) is 13.7 Å². The van der Waals surface area contributed by atoms with Crippen LogP contribution in [0.15, 0.2) is 91.1 Å². The van der Waals surface area contributed by atoms with Crippen molar-refractivity contribution in [2.45, 2.75) is 95.6 Å². The van der Waals surface area contributed by atoms with E-state index in [1.165, 1.54) is 7.11 Å². The first kappa shape index (κ1) is 45.5. The number of alkyl carbamates (subject to hydrolysis) is 1. The molecule has 61 heavy (non-hydrogen) atoms. The van der Waals surface area contributed by atoms with E-state index in [4.69, 9.17) is 15.2 Å². The molecular formula is C45H55N7O9. The summed E-state index contributed by atoms with van der Waals surface area (Å²) in [6.45, 7) is 3.81. The highest BCUT2D eigenvalue weighted by atomic mass is 16.5. The van der Waals surface area contributed by atoms with Gasteiger partial charge in [-0.2, -0.15) is 0 Å². The van der Waals surface area contributed by atoms with Gasteiger partial charge in [0.2, 0.25) is 23.6 Å². The van der Waals surface area contributed by atoms with Crippen molar-refractivity contribution in [3.8, 4) is 0 Å². The third-order valence-corrected chi connectivity index (χ3v) is 10.4. The number of esters is 1. The number of nitrogens with two attached hydrogens (primary N) is 1. The van der Waals surface area contributed by atoms with E-state index in [9.17, 15) is 33.6 Å². The molecule has 5 rings (SSSR count). The predicted molar refractivity (Wildman–Crippen MR) is 226 cm³/mol. The standard InChI is InChI=1S/C45H55N7O9/c1-28(2)23-37(44(58)60-3)50-41(55)35(25-31-26-47-33-18-11-10-17-32(31)33)48-42(56)38(19-12-22-46)52-39(53)21-20-34(51-45(59)61-27-30-15-8-5-9-16-30)40(54)49-36(43(52)57)24-29-13-6-4-7-14-29/h4-11,13-18,26,28,34-38,47H,12,19-25,27,46H2,1-3H3,(H,48,56)(H,49,54)(H,50,55)(H,51,59)/t34-,35-,36-,37-,38-/m0/s1. The highest BCUT2D eigenvalue weighted by Gasteiger charge is 2.42. The maximum absolute atomic E-state index is 14.7. The van der Waals surface area contributed by atoms with Gasteiger partial charge >= 0.3 is 12.1 Å². The van der Waals surface area contributed by atoms with Crippen LogP contribution in [0.2, 0.25) is 0 Å². The van der Waals surface area contributed by atoms with Gasteiger partial charge < -0.3 is 41.5 Å². The molecule has 2 heterocycles. The molecule has 1 aliphatic rings. The molecule has 4 aromatic rings. The first-order valence-electron chi connectivity index (χ1n) is 20.5. The second kappa shape index (κ2) is 22.2. The van der Waals surface area contributed by atoms with Crippen molar-refractivity contribution < 1.29 is 43.0 Å². The molecule has 5 atom stereocenters. The topological polar surface area (TPSA) is 231 Å². The number of benzene rings is 3. The van der Waals surface area contributed by atoms with E-state index < -0.39 is 78.2 Å². The van der Waals surface area contributed by atoms with Gasteiger partial charge in [-0.25, -0.2) is 9.59 Å². The van der Waals surface area contributed by atoms with Crippen LogP contribution in [0.5, 0.6) is 0 Å². The lowest BCUT2D eigenvalue weighted by Gasteiger charge is -2.33. The predicted octanol–water partition coefficient (Wildman–Crippen LogP) is 3.18. The number of carbonyl (C=O) groups excluding carboxylic acids is 7. The number of hydrogen-bond acceptors (Lipinski definition) is 10. The van der Waals surface area contributed by atoms with Crippen LogP contribution in [0.25, 0.3) is 10.9 Å². The Labute approximate surface area is 354 Å². The number of nitrogens with one attached hydrogen (secondary N) is 5. The van der Waals surface area contributed by atoms with Crippen LogP contribution >= 0.6 is 0 Å². The van der Waals surface area contributed by atoms with Crippen LogP contribution in [0, 0.1) is 5.92 Å². The largest absolute Gasteiger partial charge is 0.467 e. The highest BCUT2D eigenvalue weighted by molar-refractivity contribution is 6.05. The van der Waals surface area contributed by atoms with Gasteiger partial charge in [0.15, 0.2) is 0 Å². The zero-order valence-corrected chi connectivity index (χ0v) is 34.7. The van der Waals surface area contributed by atoms with E-state index in [0.29, 0.717) is 11.1 Å². The molecule has 0 unspecified atom stereocenters. The molecule has 1 fully saturated rings. The van der Waals surface area contributed by atoms with Gasteiger partial charge in [-0.1, -0.05) is 92.7 Å². The van der Waals surface area contributed by atoms with Crippen LogP contribution in [-0.2, 0) is 57.7 Å². The molecule has 0 radical (unpaired) electrons. The number of para-hydroxylation sites is 1. The number of ether oxygens (including phenoxy) is 2. The summed E-state index contributed by atoms with van der Waals surface area (Å²) in [6, 6.07) is 18.8. The molecule has 0 aliphatic carbocycles. The summed E-state index contributed by atoms with van der Waals surface area (Å²) in [5.41, 5.74) is 8.78. The number of aromatic nitrogens is 1. The molecule has 0 bridgehead atoms. The van der Waals surface area contributed by atoms with Crippen LogP contribution in [0.1, 0.15) is 62.6 Å². The van der Waals surface area contributed by atoms with Crippen molar-refractivity contribution >= 4 is 52.5 Å². The van der Waals surface area contributed by atoms with E-state index in [2.05, 4.69) is 26.3 Å². The average molecular weight is 838 g/mol. The Morgan fingerprint density at radius 1 is 0.869 bits per heavy atom. The zero-order valence-electron chi connectivity index (χ0n) is 34.7. The number of H-pyrrole nitrogens is 1. The van der Waals surface area contributed by atoms with Crippen LogP contribution in [0.4, 0.5) is 4.79 Å². The lowest BCUT2D eigenvalue weighted by atomic mass is 9.99. The van der Waals surface area contributed by atoms with Crippen LogP contribution < -0.4 is 27.0 Å². The number of fused-ring (bicyclic) bond motifs is 1. The van der Waals surface area contributed by atoms with E-state index in [1.54, 1.807) is 60.8 Å². The fourth-order valence-electron chi connectivity index (χ4n) is 7.29. The molecule has 6 amide bonds. The minimum atomic E-state index is -1.47. The fraction of sp³-hybridized carbons (Fsp3) is 0.400. The van der Waals surface area contributed by atoms with Gasteiger partial charge in [0.1, 0.15) is 36.8 Å². The van der Waals surface area contributed by atoms with Crippen molar-refractivity contribution in [3.05, 3.63) is 108 Å². The summed E-state index contributed by atoms with van der Waals surface area (Å²) in [5.74, 6) is -4.52. The van der Waals surface area contributed by atoms with Gasteiger partial charge in [0.25, 0.3) is 5.91 Å². The summed E-state index contributed by atoms with van der Waals surface area (Å²) in [5, 5.41) is 11.6. The summed E-state index contributed by atoms with van der Waals surface area (Å²) >= 11 is 0. The molecule has 7 N–H and O–H groups in total. The second-order valence-electron chi connectivity index (χ2n) is 15.4. The highest BCUT2D eigenvalue weighted by Crippen LogP contribution is 2.22. The number of amides is 6. The van der Waals surface area contributed by atoms with Crippen molar-refractivity contribution in [3.63, 3.8) is 0 Å². The minimum Gasteiger partial charge on any atom is -0.467 e. The molecule has 16 nitrogen and oxygen atoms in total. The Kier molecular flexibility index (Phi) is 16.5. The van der Waals surface area contributed by atoms with E-state index in [-0.39, 0.29) is 57.6 Å². The molecular weight excluding hydrogens is 783 g/mol. The Balaban J connectivity index is 1.46. The molecule has 0 spiro atoms. The minimum absolute atomic E-state index is 0.000942. The second-order valence-corrected chi connectivity index (χ2v) is 15.4. The molecule has 0 saturated carbocycles.